The highest BCUT2D eigenvalue weighted by Crippen LogP contribution is 2.41. The molecule has 0 spiro atoms. The Morgan fingerprint density at radius 3 is 2.64 bits per heavy atom. The van der Waals surface area contributed by atoms with Crippen LogP contribution in [0.5, 0.6) is 0 Å². The second kappa shape index (κ2) is 12.3. The van der Waals surface area contributed by atoms with Crippen molar-refractivity contribution in [1.29, 1.82) is 0 Å². The number of ether oxygens (including phenoxy) is 1. The van der Waals surface area contributed by atoms with Gasteiger partial charge in [0.05, 0.1) is 37.1 Å². The van der Waals surface area contributed by atoms with Gasteiger partial charge in [-0.15, -0.1) is 0 Å². The number of hydrogen-bond donors (Lipinski definition) is 2. The van der Waals surface area contributed by atoms with E-state index in [1.165, 1.54) is 4.52 Å². The van der Waals surface area contributed by atoms with Gasteiger partial charge in [0.15, 0.2) is 11.5 Å². The monoisotopic (exact) mass is 597 g/mol. The third-order valence-electron chi connectivity index (χ3n) is 8.70. The zero-order chi connectivity index (χ0) is 30.1. The van der Waals surface area contributed by atoms with E-state index in [0.717, 1.165) is 19.3 Å². The maximum atomic E-state index is 14.6. The minimum absolute atomic E-state index is 0.0268. The van der Waals surface area contributed by atoms with Crippen molar-refractivity contribution in [3.8, 4) is 0 Å². The van der Waals surface area contributed by atoms with Gasteiger partial charge in [-0.1, -0.05) is 33.1 Å². The number of fused-ring (bicyclic) bond motifs is 1. The van der Waals surface area contributed by atoms with E-state index in [-0.39, 0.29) is 31.5 Å². The summed E-state index contributed by atoms with van der Waals surface area (Å²) in [5, 5.41) is 9.93. The molecule has 1 saturated carbocycles. The van der Waals surface area contributed by atoms with E-state index < -0.39 is 48.1 Å². The van der Waals surface area contributed by atoms with Gasteiger partial charge in [0, 0.05) is 32.0 Å². The average molecular weight is 598 g/mol. The van der Waals surface area contributed by atoms with Gasteiger partial charge in [-0.3, -0.25) is 9.59 Å². The smallest absolute Gasteiger partial charge is 0.378 e. The van der Waals surface area contributed by atoms with Crippen molar-refractivity contribution in [2.75, 3.05) is 37.7 Å². The molecular formula is C28H39F4N7O3. The number of amides is 2. The normalized spacial score (nSPS) is 23.9. The lowest BCUT2D eigenvalue weighted by Gasteiger charge is -2.32. The number of nitrogens with one attached hydrogen (secondary N) is 2. The van der Waals surface area contributed by atoms with Crippen molar-refractivity contribution in [3.63, 3.8) is 0 Å². The first-order valence-corrected chi connectivity index (χ1v) is 14.9. The molecule has 2 aliphatic heterocycles. The van der Waals surface area contributed by atoms with Crippen LogP contribution in [-0.2, 0) is 20.7 Å². The van der Waals surface area contributed by atoms with E-state index in [1.54, 1.807) is 6.20 Å². The summed E-state index contributed by atoms with van der Waals surface area (Å²) in [4.78, 5) is 36.6. The molecule has 10 nitrogen and oxygen atoms in total. The van der Waals surface area contributed by atoms with Gasteiger partial charge < -0.3 is 20.3 Å². The lowest BCUT2D eigenvalue weighted by atomic mass is 9.86. The predicted octanol–water partition coefficient (Wildman–Crippen LogP) is 3.69. The lowest BCUT2D eigenvalue weighted by Crippen LogP contribution is -2.47. The first-order valence-electron chi connectivity index (χ1n) is 14.9. The van der Waals surface area contributed by atoms with Gasteiger partial charge in [-0.2, -0.15) is 23.3 Å². The number of carbonyl (C=O) groups is 2. The molecule has 232 valence electrons. The molecule has 2 amide bonds. The molecule has 2 N–H and O–H groups in total. The van der Waals surface area contributed by atoms with E-state index >= 15 is 0 Å². The molecule has 3 fully saturated rings. The topological polar surface area (TPSA) is 114 Å². The third-order valence-corrected chi connectivity index (χ3v) is 8.70. The molecule has 2 aromatic rings. The minimum atomic E-state index is -4.42. The SMILES string of the molecule is CCC(C)CCCC(NC(=O)C1(F)CC1)c1cn2nc(CC3CC(C(F)(F)F)CNC3=O)c(N3CCOCC3)nc2n1. The van der Waals surface area contributed by atoms with Crippen LogP contribution in [0.15, 0.2) is 6.20 Å². The van der Waals surface area contributed by atoms with E-state index in [2.05, 4.69) is 29.5 Å². The second-order valence-electron chi connectivity index (χ2n) is 11.9. The van der Waals surface area contributed by atoms with Crippen LogP contribution in [-0.4, -0.2) is 76.1 Å². The quantitative estimate of drug-likeness (QED) is 0.380. The summed E-state index contributed by atoms with van der Waals surface area (Å²) in [6.07, 6.45) is 0.579. The number of alkyl halides is 4. The highest BCUT2D eigenvalue weighted by Gasteiger charge is 2.51. The Balaban J connectivity index is 1.45. The number of aromatic nitrogens is 4. The van der Waals surface area contributed by atoms with Crippen molar-refractivity contribution in [3.05, 3.63) is 17.6 Å². The number of hydrogen-bond acceptors (Lipinski definition) is 7. The van der Waals surface area contributed by atoms with Crippen LogP contribution >= 0.6 is 0 Å². The predicted molar refractivity (Wildman–Crippen MR) is 145 cm³/mol. The van der Waals surface area contributed by atoms with Crippen LogP contribution in [0.4, 0.5) is 23.4 Å². The Labute approximate surface area is 242 Å². The Kier molecular flexibility index (Phi) is 8.91. The molecule has 4 unspecified atom stereocenters. The summed E-state index contributed by atoms with van der Waals surface area (Å²) in [6.45, 7) is 5.73. The van der Waals surface area contributed by atoms with Crippen LogP contribution in [0.25, 0.3) is 5.78 Å². The highest BCUT2D eigenvalue weighted by molar-refractivity contribution is 5.88. The second-order valence-corrected chi connectivity index (χ2v) is 11.9. The third kappa shape index (κ3) is 6.95. The maximum Gasteiger partial charge on any atom is 0.393 e. The van der Waals surface area contributed by atoms with Gasteiger partial charge in [0.1, 0.15) is 5.69 Å². The standard InChI is InChI=1S/C28H39F4N7O3/c1-3-17(2)5-4-6-20(34-25(41)27(29)7-8-27)22-16-39-26(35-22)36-23(38-9-11-42-12-10-38)21(37-39)14-18-13-19(28(30,31)32)15-33-24(18)40/h16-20H,3-15H2,1-2H3,(H,33,40)(H,34,41). The molecule has 14 heteroatoms. The molecule has 0 aromatic carbocycles. The summed E-state index contributed by atoms with van der Waals surface area (Å²) >= 11 is 0. The lowest BCUT2D eigenvalue weighted by molar-refractivity contribution is -0.183. The first kappa shape index (κ1) is 30.4. The Morgan fingerprint density at radius 1 is 1.24 bits per heavy atom. The Hall–Kier alpha value is -3.03. The summed E-state index contributed by atoms with van der Waals surface area (Å²) in [6, 6.07) is -0.551. The fraction of sp³-hybridized carbons (Fsp3) is 0.750. The molecule has 5 rings (SSSR count). The average Bonchev–Trinajstić information content (AvgIpc) is 3.58. The molecule has 0 radical (unpaired) electrons. The number of imidazole rings is 1. The molecule has 0 bridgehead atoms. The largest absolute Gasteiger partial charge is 0.393 e. The number of nitrogens with zero attached hydrogens (tertiary/aromatic N) is 5. The first-order chi connectivity index (χ1) is 20.0. The van der Waals surface area contributed by atoms with Gasteiger partial charge in [-0.05, 0) is 31.6 Å². The Bertz CT molecular complexity index is 1280. The molecule has 4 atom stereocenters. The van der Waals surface area contributed by atoms with Crippen molar-refractivity contribution in [2.45, 2.75) is 83.1 Å². The number of rotatable bonds is 11. The van der Waals surface area contributed by atoms with Crippen LogP contribution in [0.1, 0.15) is 76.2 Å². The van der Waals surface area contributed by atoms with Crippen LogP contribution in [0.3, 0.4) is 0 Å². The number of carbonyl (C=O) groups excluding carboxylic acids is 2. The summed E-state index contributed by atoms with van der Waals surface area (Å²) in [5.74, 6) is -2.44. The minimum Gasteiger partial charge on any atom is -0.378 e. The fourth-order valence-electron chi connectivity index (χ4n) is 5.54. The summed E-state index contributed by atoms with van der Waals surface area (Å²) in [7, 11) is 0. The van der Waals surface area contributed by atoms with Crippen LogP contribution in [0.2, 0.25) is 0 Å². The molecule has 2 aromatic heterocycles. The summed E-state index contributed by atoms with van der Waals surface area (Å²) < 4.78 is 61.9. The van der Waals surface area contributed by atoms with E-state index in [1.807, 2.05) is 4.90 Å². The van der Waals surface area contributed by atoms with Crippen molar-refractivity contribution < 1.29 is 31.9 Å². The maximum absolute atomic E-state index is 14.6. The van der Waals surface area contributed by atoms with Gasteiger partial charge >= 0.3 is 6.18 Å². The van der Waals surface area contributed by atoms with E-state index in [4.69, 9.17) is 14.8 Å². The zero-order valence-corrected chi connectivity index (χ0v) is 24.1. The molecular weight excluding hydrogens is 558 g/mol. The molecule has 2 saturated heterocycles. The van der Waals surface area contributed by atoms with Crippen LogP contribution < -0.4 is 15.5 Å². The van der Waals surface area contributed by atoms with Gasteiger partial charge in [0.25, 0.3) is 11.7 Å². The van der Waals surface area contributed by atoms with Crippen molar-refractivity contribution in [2.24, 2.45) is 17.8 Å². The molecule has 42 heavy (non-hydrogen) atoms. The van der Waals surface area contributed by atoms with Crippen molar-refractivity contribution in [1.82, 2.24) is 30.2 Å². The van der Waals surface area contributed by atoms with Gasteiger partial charge in [-0.25, -0.2) is 13.9 Å². The number of halogens is 4. The zero-order valence-electron chi connectivity index (χ0n) is 24.1. The highest BCUT2D eigenvalue weighted by atomic mass is 19.4. The van der Waals surface area contributed by atoms with E-state index in [9.17, 15) is 27.2 Å². The fourth-order valence-corrected chi connectivity index (χ4v) is 5.54. The Morgan fingerprint density at radius 2 is 1.98 bits per heavy atom. The number of morpholine rings is 1. The summed E-state index contributed by atoms with van der Waals surface area (Å²) in [5.41, 5.74) is -0.973. The van der Waals surface area contributed by atoms with Gasteiger partial charge in [0.2, 0.25) is 5.91 Å². The number of anilines is 1. The molecule has 1 aliphatic carbocycles. The molecule has 3 aliphatic rings. The van der Waals surface area contributed by atoms with Crippen LogP contribution in [0, 0.1) is 17.8 Å². The van der Waals surface area contributed by atoms with Crippen molar-refractivity contribution >= 4 is 23.4 Å². The van der Waals surface area contributed by atoms with E-state index in [0.29, 0.717) is 55.8 Å². The number of piperidine rings is 1. The molecule has 4 heterocycles.